The number of hydrogen-bond acceptors (Lipinski definition) is 4. The van der Waals surface area contributed by atoms with Gasteiger partial charge in [-0.25, -0.2) is 0 Å². The van der Waals surface area contributed by atoms with E-state index in [9.17, 15) is 19.2 Å². The Morgan fingerprint density at radius 1 is 1.29 bits per heavy atom. The minimum absolute atomic E-state index is 0.0119. The van der Waals surface area contributed by atoms with Crippen LogP contribution in [0.5, 0.6) is 0 Å². The highest BCUT2D eigenvalue weighted by Crippen LogP contribution is 2.25. The zero-order chi connectivity index (χ0) is 11.2. The molecule has 4 heteroatoms. The van der Waals surface area contributed by atoms with Crippen LogP contribution in [0.3, 0.4) is 0 Å². The molecule has 0 rings (SSSR count). The number of rotatable bonds is 7. The highest BCUT2D eigenvalue weighted by atomic mass is 16.2. The van der Waals surface area contributed by atoms with Gasteiger partial charge >= 0.3 is 0 Å². The molecule has 0 aliphatic carbocycles. The second kappa shape index (κ2) is 5.42. The molecule has 0 aromatic carbocycles. The molecule has 0 spiro atoms. The molecule has 0 saturated carbocycles. The molecule has 78 valence electrons. The van der Waals surface area contributed by atoms with Crippen LogP contribution in [0.4, 0.5) is 0 Å². The van der Waals surface area contributed by atoms with Crippen molar-refractivity contribution in [2.45, 2.75) is 33.1 Å². The van der Waals surface area contributed by atoms with Crippen molar-refractivity contribution in [1.29, 1.82) is 0 Å². The summed E-state index contributed by atoms with van der Waals surface area (Å²) in [5.41, 5.74) is -1.59. The van der Waals surface area contributed by atoms with E-state index in [1.807, 2.05) is 0 Å². The van der Waals surface area contributed by atoms with Crippen LogP contribution >= 0.6 is 0 Å². The minimum atomic E-state index is -1.59. The Morgan fingerprint density at radius 3 is 2.14 bits per heavy atom. The van der Waals surface area contributed by atoms with Crippen molar-refractivity contribution in [2.24, 2.45) is 5.41 Å². The fourth-order valence-corrected chi connectivity index (χ4v) is 1.32. The summed E-state index contributed by atoms with van der Waals surface area (Å²) < 4.78 is 0. The Labute approximate surface area is 82.7 Å². The van der Waals surface area contributed by atoms with Gasteiger partial charge in [-0.15, -0.1) is 0 Å². The Balaban J connectivity index is 4.97. The third kappa shape index (κ3) is 2.34. The van der Waals surface area contributed by atoms with Gasteiger partial charge in [0.1, 0.15) is 18.0 Å². The molecule has 14 heavy (non-hydrogen) atoms. The van der Waals surface area contributed by atoms with Crippen LogP contribution in [0, 0.1) is 5.41 Å². The number of ketones is 2. The van der Waals surface area contributed by atoms with Crippen molar-refractivity contribution in [3.63, 3.8) is 0 Å². The van der Waals surface area contributed by atoms with E-state index in [1.54, 1.807) is 6.92 Å². The second-order valence-corrected chi connectivity index (χ2v) is 3.13. The standard InChI is InChI=1S/C10H14O4/c1-3-9(14)10(7-12,8(2)13)5-4-6-11/h6-7H,3-5H2,1-2H3. The Bertz CT molecular complexity index is 257. The lowest BCUT2D eigenvalue weighted by Gasteiger charge is -2.21. The van der Waals surface area contributed by atoms with E-state index >= 15 is 0 Å². The first-order valence-electron chi connectivity index (χ1n) is 4.49. The highest BCUT2D eigenvalue weighted by Gasteiger charge is 2.41. The van der Waals surface area contributed by atoms with E-state index in [2.05, 4.69) is 0 Å². The summed E-state index contributed by atoms with van der Waals surface area (Å²) in [5.74, 6) is -0.900. The molecule has 0 fully saturated rings. The molecule has 0 radical (unpaired) electrons. The Hall–Kier alpha value is -1.32. The first kappa shape index (κ1) is 12.7. The monoisotopic (exact) mass is 198 g/mol. The van der Waals surface area contributed by atoms with Crippen LogP contribution in [0.1, 0.15) is 33.1 Å². The van der Waals surface area contributed by atoms with Crippen molar-refractivity contribution in [2.75, 3.05) is 0 Å². The molecule has 0 aromatic rings. The Kier molecular flexibility index (Phi) is 4.91. The van der Waals surface area contributed by atoms with Gasteiger partial charge < -0.3 is 9.59 Å². The van der Waals surface area contributed by atoms with Crippen molar-refractivity contribution in [3.8, 4) is 0 Å². The van der Waals surface area contributed by atoms with Gasteiger partial charge in [-0.2, -0.15) is 0 Å². The summed E-state index contributed by atoms with van der Waals surface area (Å²) in [6.07, 6.45) is 1.12. The highest BCUT2D eigenvalue weighted by molar-refractivity contribution is 6.17. The van der Waals surface area contributed by atoms with Crippen LogP contribution in [-0.2, 0) is 19.2 Å². The van der Waals surface area contributed by atoms with E-state index in [0.29, 0.717) is 12.6 Å². The molecule has 0 aliphatic rings. The number of hydrogen-bond donors (Lipinski definition) is 0. The number of carbonyl (C=O) groups is 4. The molecule has 0 N–H and O–H groups in total. The molecule has 0 bridgehead atoms. The van der Waals surface area contributed by atoms with Gasteiger partial charge in [0.25, 0.3) is 0 Å². The molecular formula is C10H14O4. The maximum atomic E-state index is 11.4. The number of carbonyl (C=O) groups excluding carboxylic acids is 4. The first-order valence-corrected chi connectivity index (χ1v) is 4.49. The number of aldehydes is 2. The summed E-state index contributed by atoms with van der Waals surface area (Å²) >= 11 is 0. The van der Waals surface area contributed by atoms with Crippen molar-refractivity contribution < 1.29 is 19.2 Å². The largest absolute Gasteiger partial charge is 0.303 e. The quantitative estimate of drug-likeness (QED) is 0.446. The fourth-order valence-electron chi connectivity index (χ4n) is 1.32. The van der Waals surface area contributed by atoms with Crippen LogP contribution in [0.25, 0.3) is 0 Å². The maximum absolute atomic E-state index is 11.4. The molecular weight excluding hydrogens is 184 g/mol. The zero-order valence-electron chi connectivity index (χ0n) is 8.41. The van der Waals surface area contributed by atoms with Crippen LogP contribution in [0.2, 0.25) is 0 Å². The average Bonchev–Trinajstić information content (AvgIpc) is 2.18. The molecule has 4 nitrogen and oxygen atoms in total. The van der Waals surface area contributed by atoms with Crippen LogP contribution in [0.15, 0.2) is 0 Å². The van der Waals surface area contributed by atoms with E-state index in [1.165, 1.54) is 6.92 Å². The normalized spacial score (nSPS) is 14.1. The third-order valence-electron chi connectivity index (χ3n) is 2.30. The SMILES string of the molecule is CCC(=O)C(C=O)(CCC=O)C(C)=O. The topological polar surface area (TPSA) is 68.3 Å². The molecule has 0 heterocycles. The van der Waals surface area contributed by atoms with Crippen molar-refractivity contribution >= 4 is 24.1 Å². The molecule has 0 aromatic heterocycles. The first-order chi connectivity index (χ1) is 6.55. The van der Waals surface area contributed by atoms with E-state index in [-0.39, 0.29) is 19.3 Å². The van der Waals surface area contributed by atoms with Gasteiger partial charge in [-0.05, 0) is 13.3 Å². The van der Waals surface area contributed by atoms with E-state index in [4.69, 9.17) is 0 Å². The van der Waals surface area contributed by atoms with Gasteiger partial charge in [0.15, 0.2) is 11.6 Å². The summed E-state index contributed by atoms with van der Waals surface area (Å²) in [4.78, 5) is 43.7. The zero-order valence-corrected chi connectivity index (χ0v) is 8.41. The minimum Gasteiger partial charge on any atom is -0.303 e. The lowest BCUT2D eigenvalue weighted by atomic mass is 9.76. The predicted molar refractivity (Wildman–Crippen MR) is 49.8 cm³/mol. The summed E-state index contributed by atoms with van der Waals surface area (Å²) in [5, 5.41) is 0. The van der Waals surface area contributed by atoms with Gasteiger partial charge in [0.2, 0.25) is 0 Å². The van der Waals surface area contributed by atoms with Gasteiger partial charge in [0, 0.05) is 12.8 Å². The van der Waals surface area contributed by atoms with Crippen LogP contribution < -0.4 is 0 Å². The molecule has 0 aliphatic heterocycles. The van der Waals surface area contributed by atoms with Crippen LogP contribution in [-0.4, -0.2) is 24.1 Å². The summed E-state index contributed by atoms with van der Waals surface area (Å²) in [7, 11) is 0. The molecule has 0 amide bonds. The maximum Gasteiger partial charge on any atom is 0.153 e. The molecule has 1 atom stereocenters. The summed E-state index contributed by atoms with van der Waals surface area (Å²) in [6, 6.07) is 0. The lowest BCUT2D eigenvalue weighted by Crippen LogP contribution is -2.39. The molecule has 0 saturated heterocycles. The van der Waals surface area contributed by atoms with Crippen molar-refractivity contribution in [1.82, 2.24) is 0 Å². The Morgan fingerprint density at radius 2 is 1.86 bits per heavy atom. The lowest BCUT2D eigenvalue weighted by molar-refractivity contribution is -0.143. The smallest absolute Gasteiger partial charge is 0.153 e. The fraction of sp³-hybridized carbons (Fsp3) is 0.600. The molecule has 1 unspecified atom stereocenters. The van der Waals surface area contributed by atoms with Gasteiger partial charge in [-0.1, -0.05) is 6.92 Å². The average molecular weight is 198 g/mol. The van der Waals surface area contributed by atoms with Crippen molar-refractivity contribution in [3.05, 3.63) is 0 Å². The third-order valence-corrected chi connectivity index (χ3v) is 2.30. The number of Topliss-reactive ketones (excluding diaryl/α,β-unsaturated/α-hetero) is 2. The van der Waals surface area contributed by atoms with E-state index in [0.717, 1.165) is 0 Å². The predicted octanol–water partition coefficient (Wildman–Crippen LogP) is 0.719. The van der Waals surface area contributed by atoms with E-state index < -0.39 is 17.0 Å². The van der Waals surface area contributed by atoms with Gasteiger partial charge in [-0.3, -0.25) is 9.59 Å². The summed E-state index contributed by atoms with van der Waals surface area (Å²) in [6.45, 7) is 2.79. The second-order valence-electron chi connectivity index (χ2n) is 3.13. The van der Waals surface area contributed by atoms with Gasteiger partial charge in [0.05, 0.1) is 0 Å².